The van der Waals surface area contributed by atoms with Gasteiger partial charge in [-0.3, -0.25) is 4.79 Å². The number of rotatable bonds is 14. The molecule has 0 fully saturated rings. The molecule has 0 aliphatic heterocycles. The number of benzene rings is 1. The predicted molar refractivity (Wildman–Crippen MR) is 178 cm³/mol. The number of halogens is 1. The molecule has 1 aromatic carbocycles. The fourth-order valence-electron chi connectivity index (χ4n) is 4.68. The van der Waals surface area contributed by atoms with Crippen molar-refractivity contribution in [2.75, 3.05) is 31.1 Å². The number of esters is 1. The number of nitrogens with zero attached hydrogens (tertiary/aromatic N) is 1. The third-order valence-corrected chi connectivity index (χ3v) is 7.84. The fraction of sp³-hybridized carbons (Fsp3) is 0.657. The van der Waals surface area contributed by atoms with Crippen LogP contribution < -0.4 is 10.2 Å². The summed E-state index contributed by atoms with van der Waals surface area (Å²) in [5.74, 6) is 0.0627. The molecule has 0 aromatic heterocycles. The molecule has 0 spiro atoms. The number of hydrogen-bond donors (Lipinski definition) is 1. The number of ketones is 1. The molecule has 0 amide bonds. The Bertz CT molecular complexity index is 978. The Labute approximate surface area is 257 Å². The molecule has 0 heterocycles. The molecule has 0 radical (unpaired) electrons. The Morgan fingerprint density at radius 3 is 2.17 bits per heavy atom. The number of nitrogens with one attached hydrogen (secondary N) is 1. The van der Waals surface area contributed by atoms with Crippen LogP contribution in [-0.4, -0.2) is 38.0 Å². The highest BCUT2D eigenvalue weighted by Gasteiger charge is 2.24. The van der Waals surface area contributed by atoms with E-state index in [-0.39, 0.29) is 17.7 Å². The van der Waals surface area contributed by atoms with Crippen LogP contribution in [0, 0.1) is 12.8 Å². The second kappa shape index (κ2) is 22.3. The highest BCUT2D eigenvalue weighted by atomic mass is 35.5. The molecule has 0 bridgehead atoms. The molecule has 1 aliphatic carbocycles. The van der Waals surface area contributed by atoms with Crippen molar-refractivity contribution in [3.63, 3.8) is 0 Å². The molecule has 6 heteroatoms. The summed E-state index contributed by atoms with van der Waals surface area (Å²) in [5.41, 5.74) is 6.21. The number of ether oxygens (including phenoxy) is 1. The molecule has 1 N–H and O–H groups in total. The normalized spacial score (nSPS) is 14.0. The Kier molecular flexibility index (Phi) is 21.1. The summed E-state index contributed by atoms with van der Waals surface area (Å²) in [6, 6.07) is 6.25. The Balaban J connectivity index is 0.000000806. The van der Waals surface area contributed by atoms with E-state index in [0.29, 0.717) is 13.2 Å². The molecular formula is C35H59ClN2O3. The van der Waals surface area contributed by atoms with Crippen molar-refractivity contribution in [2.24, 2.45) is 5.92 Å². The highest BCUT2D eigenvalue weighted by molar-refractivity contribution is 6.34. The van der Waals surface area contributed by atoms with Crippen LogP contribution in [0.25, 0.3) is 0 Å². The van der Waals surface area contributed by atoms with Gasteiger partial charge in [0.2, 0.25) is 0 Å². The van der Waals surface area contributed by atoms with Crippen LogP contribution in [0.3, 0.4) is 0 Å². The van der Waals surface area contributed by atoms with Crippen molar-refractivity contribution in [1.82, 2.24) is 5.32 Å². The van der Waals surface area contributed by atoms with Crippen LogP contribution in [0.4, 0.5) is 5.69 Å². The second-order valence-corrected chi connectivity index (χ2v) is 10.8. The quantitative estimate of drug-likeness (QED) is 0.173. The maximum absolute atomic E-state index is 12.5. The number of anilines is 1. The first-order chi connectivity index (χ1) is 19.7. The molecule has 41 heavy (non-hydrogen) atoms. The molecule has 2 rings (SSSR count). The van der Waals surface area contributed by atoms with Crippen LogP contribution in [0.1, 0.15) is 119 Å². The van der Waals surface area contributed by atoms with Crippen molar-refractivity contribution in [2.45, 2.75) is 121 Å². The van der Waals surface area contributed by atoms with Crippen molar-refractivity contribution in [3.8, 4) is 0 Å². The minimum atomic E-state index is -0.235. The second-order valence-electron chi connectivity index (χ2n) is 10.4. The lowest BCUT2D eigenvalue weighted by Crippen LogP contribution is -2.29. The van der Waals surface area contributed by atoms with Gasteiger partial charge < -0.3 is 15.0 Å². The van der Waals surface area contributed by atoms with E-state index < -0.39 is 0 Å². The fourth-order valence-corrected chi connectivity index (χ4v) is 4.92. The first-order valence-electron chi connectivity index (χ1n) is 16.0. The van der Waals surface area contributed by atoms with Gasteiger partial charge in [0, 0.05) is 24.7 Å². The maximum atomic E-state index is 12.5. The lowest BCUT2D eigenvalue weighted by atomic mass is 9.87. The summed E-state index contributed by atoms with van der Waals surface area (Å²) >= 11 is 6.32. The van der Waals surface area contributed by atoms with Gasteiger partial charge >= 0.3 is 5.97 Å². The number of Topliss-reactive ketones (excluding diaryl/α,β-unsaturated/α-hetero) is 1. The highest BCUT2D eigenvalue weighted by Crippen LogP contribution is 2.32. The number of aryl methyl sites for hydroxylation is 1. The summed E-state index contributed by atoms with van der Waals surface area (Å²) in [5, 5.41) is 4.23. The predicted octanol–water partition coefficient (Wildman–Crippen LogP) is 9.61. The monoisotopic (exact) mass is 590 g/mol. The number of carbonyl (C=O) groups is 2. The zero-order valence-corrected chi connectivity index (χ0v) is 28.6. The molecular weight excluding hydrogens is 532 g/mol. The number of allylic oxidation sites excluding steroid dienone is 2. The van der Waals surface area contributed by atoms with Gasteiger partial charge in [0.1, 0.15) is 0 Å². The molecule has 0 saturated heterocycles. The van der Waals surface area contributed by atoms with Crippen LogP contribution >= 0.6 is 11.6 Å². The molecule has 1 atom stereocenters. The van der Waals surface area contributed by atoms with Crippen LogP contribution in [-0.2, 0) is 14.3 Å². The molecule has 0 saturated carbocycles. The largest absolute Gasteiger partial charge is 0.462 e. The Hall–Kier alpha value is -2.27. The van der Waals surface area contributed by atoms with Crippen LogP contribution in [0.15, 0.2) is 40.6 Å². The van der Waals surface area contributed by atoms with Gasteiger partial charge in [0.15, 0.2) is 5.78 Å². The van der Waals surface area contributed by atoms with Crippen molar-refractivity contribution < 1.29 is 14.3 Å². The van der Waals surface area contributed by atoms with Crippen molar-refractivity contribution in [1.29, 1.82) is 0 Å². The van der Waals surface area contributed by atoms with Gasteiger partial charge in [0.05, 0.1) is 29.4 Å². The molecule has 1 aromatic rings. The van der Waals surface area contributed by atoms with E-state index in [1.54, 1.807) is 0 Å². The van der Waals surface area contributed by atoms with Gasteiger partial charge in [-0.05, 0) is 89.3 Å². The summed E-state index contributed by atoms with van der Waals surface area (Å²) in [7, 11) is 0. The van der Waals surface area contributed by atoms with E-state index in [9.17, 15) is 9.59 Å². The topological polar surface area (TPSA) is 58.6 Å². The smallest absolute Gasteiger partial charge is 0.338 e. The van der Waals surface area contributed by atoms with E-state index >= 15 is 0 Å². The first kappa shape index (κ1) is 38.7. The van der Waals surface area contributed by atoms with Gasteiger partial charge in [-0.15, -0.1) is 0 Å². The average molecular weight is 591 g/mol. The first-order valence-corrected chi connectivity index (χ1v) is 16.4. The van der Waals surface area contributed by atoms with Crippen molar-refractivity contribution >= 4 is 29.0 Å². The summed E-state index contributed by atoms with van der Waals surface area (Å²) < 4.78 is 5.28. The lowest BCUT2D eigenvalue weighted by molar-refractivity contribution is -0.138. The zero-order chi connectivity index (χ0) is 31.4. The van der Waals surface area contributed by atoms with E-state index in [2.05, 4.69) is 56.1 Å². The average Bonchev–Trinajstić information content (AvgIpc) is 2.99. The van der Waals surface area contributed by atoms with E-state index in [4.69, 9.17) is 16.3 Å². The number of hydrogen-bond acceptors (Lipinski definition) is 5. The van der Waals surface area contributed by atoms with E-state index in [1.165, 1.54) is 5.69 Å². The standard InChI is InChI=1S/C20H33NO3.C13H20ClN.C2H6/c1-6-14(4)18(22)13-21-17-12-10-9-11-16(17)19(15(5)7-2)20(23)24-8-3;1-4-9-15(10-5-2)12-8-6-7-11(3)13(12)14;1-2/h14,21H,6-13H2,1-5H3;6-8H,4-5,9-10H2,1-3H3;1-2H3. The van der Waals surface area contributed by atoms with Gasteiger partial charge in [-0.1, -0.05) is 77.8 Å². The van der Waals surface area contributed by atoms with Gasteiger partial charge in [-0.25, -0.2) is 4.79 Å². The third kappa shape index (κ3) is 13.1. The van der Waals surface area contributed by atoms with Gasteiger partial charge in [-0.2, -0.15) is 0 Å². The third-order valence-electron chi connectivity index (χ3n) is 7.34. The van der Waals surface area contributed by atoms with Crippen LogP contribution in [0.2, 0.25) is 5.02 Å². The Morgan fingerprint density at radius 2 is 1.63 bits per heavy atom. The molecule has 1 aliphatic rings. The number of carbonyl (C=O) groups excluding carboxylic acids is 2. The maximum Gasteiger partial charge on any atom is 0.338 e. The Morgan fingerprint density at radius 1 is 1.02 bits per heavy atom. The molecule has 1 unspecified atom stereocenters. The summed E-state index contributed by atoms with van der Waals surface area (Å²) in [4.78, 5) is 27.0. The lowest BCUT2D eigenvalue weighted by Gasteiger charge is -2.25. The van der Waals surface area contributed by atoms with Crippen LogP contribution in [0.5, 0.6) is 0 Å². The van der Waals surface area contributed by atoms with Gasteiger partial charge in [0.25, 0.3) is 0 Å². The molecule has 5 nitrogen and oxygen atoms in total. The minimum Gasteiger partial charge on any atom is -0.462 e. The molecule has 234 valence electrons. The SMILES string of the molecule is CC.CCCN(CCC)c1cccc(C)c1Cl.CCOC(=O)C(=C(C)CC)C1=C(NCC(=O)C(C)CC)CCCC1. The summed E-state index contributed by atoms with van der Waals surface area (Å²) in [6.45, 7) is 23.2. The van der Waals surface area contributed by atoms with Crippen molar-refractivity contribution in [3.05, 3.63) is 51.2 Å². The zero-order valence-electron chi connectivity index (χ0n) is 27.8. The minimum absolute atomic E-state index is 0.0718. The van der Waals surface area contributed by atoms with E-state index in [1.807, 2.05) is 41.5 Å². The summed E-state index contributed by atoms with van der Waals surface area (Å²) in [6.07, 6.45) is 7.90. The van der Waals surface area contributed by atoms with E-state index in [0.717, 1.165) is 97.5 Å².